The van der Waals surface area contributed by atoms with Crippen molar-refractivity contribution in [2.24, 2.45) is 5.92 Å². The number of nitrogens with one attached hydrogen (secondary N) is 1. The first-order valence-electron chi connectivity index (χ1n) is 6.71. The van der Waals surface area contributed by atoms with Crippen molar-refractivity contribution in [3.8, 4) is 17.0 Å². The summed E-state index contributed by atoms with van der Waals surface area (Å²) in [5.74, 6) is 0.986. The van der Waals surface area contributed by atoms with Gasteiger partial charge in [-0.3, -0.25) is 4.79 Å². The molecule has 3 rings (SSSR count). The van der Waals surface area contributed by atoms with E-state index in [1.165, 1.54) is 19.3 Å². The van der Waals surface area contributed by atoms with E-state index >= 15 is 0 Å². The molecule has 1 saturated carbocycles. The maximum atomic E-state index is 12.2. The van der Waals surface area contributed by atoms with Crippen LogP contribution in [0.2, 0.25) is 0 Å². The lowest BCUT2D eigenvalue weighted by Crippen LogP contribution is -2.19. The third-order valence-electron chi connectivity index (χ3n) is 3.79. The third kappa shape index (κ3) is 2.63. The fourth-order valence-corrected chi connectivity index (χ4v) is 2.71. The molecule has 0 amide bonds. The summed E-state index contributed by atoms with van der Waals surface area (Å²) in [6, 6.07) is 7.22. The van der Waals surface area contributed by atoms with Crippen LogP contribution in [0.1, 0.15) is 25.1 Å². The van der Waals surface area contributed by atoms with Crippen LogP contribution in [-0.2, 0) is 6.42 Å². The molecule has 1 aliphatic carbocycles. The Morgan fingerprint density at radius 2 is 2.00 bits per heavy atom. The molecule has 1 aromatic heterocycles. The van der Waals surface area contributed by atoms with E-state index in [4.69, 9.17) is 0 Å². The smallest absolute Gasteiger partial charge is 0.262 e. The summed E-state index contributed by atoms with van der Waals surface area (Å²) in [5.41, 5.74) is 0.610. The minimum atomic E-state index is -0.283. The van der Waals surface area contributed by atoms with Gasteiger partial charge < -0.3 is 10.1 Å². The topological polar surface area (TPSA) is 66.0 Å². The first kappa shape index (κ1) is 13.4. The Morgan fingerprint density at radius 1 is 1.30 bits per heavy atom. The molecule has 0 saturated heterocycles. The number of aromatic hydroxyl groups is 1. The second-order valence-electron chi connectivity index (χ2n) is 5.22. The number of hydrogen-bond donors (Lipinski definition) is 2. The lowest BCUT2D eigenvalue weighted by atomic mass is 9.83. The highest BCUT2D eigenvalue weighted by molar-refractivity contribution is 9.10. The van der Waals surface area contributed by atoms with Gasteiger partial charge in [-0.1, -0.05) is 47.3 Å². The van der Waals surface area contributed by atoms with E-state index in [-0.39, 0.29) is 17.0 Å². The molecule has 0 spiro atoms. The molecule has 0 radical (unpaired) electrons. The van der Waals surface area contributed by atoms with E-state index in [0.29, 0.717) is 17.3 Å². The van der Waals surface area contributed by atoms with Gasteiger partial charge in [0.25, 0.3) is 5.56 Å². The lowest BCUT2D eigenvalue weighted by molar-refractivity contribution is 0.307. The van der Waals surface area contributed by atoms with Gasteiger partial charge in [0.2, 0.25) is 5.88 Å². The fourth-order valence-electron chi connectivity index (χ4n) is 2.45. The second-order valence-corrected chi connectivity index (χ2v) is 6.13. The van der Waals surface area contributed by atoms with Gasteiger partial charge in [-0.05, 0) is 23.6 Å². The quantitative estimate of drug-likeness (QED) is 0.905. The maximum absolute atomic E-state index is 12.2. The normalized spacial score (nSPS) is 15.1. The van der Waals surface area contributed by atoms with Gasteiger partial charge in [0.1, 0.15) is 11.4 Å². The molecular formula is C15H15BrN2O2. The molecule has 0 bridgehead atoms. The monoisotopic (exact) mass is 334 g/mol. The van der Waals surface area contributed by atoms with Crippen molar-refractivity contribution in [1.29, 1.82) is 0 Å². The van der Waals surface area contributed by atoms with Gasteiger partial charge in [-0.2, -0.15) is 4.98 Å². The van der Waals surface area contributed by atoms with Crippen LogP contribution in [0.4, 0.5) is 0 Å². The van der Waals surface area contributed by atoms with Crippen LogP contribution in [0.25, 0.3) is 11.1 Å². The lowest BCUT2D eigenvalue weighted by Gasteiger charge is -2.24. The van der Waals surface area contributed by atoms with E-state index < -0.39 is 0 Å². The highest BCUT2D eigenvalue weighted by Crippen LogP contribution is 2.30. The minimum absolute atomic E-state index is 0.189. The highest BCUT2D eigenvalue weighted by Gasteiger charge is 2.20. The maximum Gasteiger partial charge on any atom is 0.262 e. The highest BCUT2D eigenvalue weighted by atomic mass is 79.9. The number of halogens is 1. The van der Waals surface area contributed by atoms with Gasteiger partial charge in [-0.25, -0.2) is 0 Å². The van der Waals surface area contributed by atoms with Gasteiger partial charge >= 0.3 is 0 Å². The summed E-state index contributed by atoms with van der Waals surface area (Å²) < 4.78 is 0.923. The summed E-state index contributed by atoms with van der Waals surface area (Å²) in [6.07, 6.45) is 4.35. The molecular weight excluding hydrogens is 320 g/mol. The standard InChI is InChI=1S/C15H15BrN2O2/c16-11-6-4-10(5-7-11)13-14(19)17-12(18-15(13)20)8-9-2-1-3-9/h4-7,9H,1-3,8H2,(H2,17,18,19,20). The average Bonchev–Trinajstić information content (AvgIpc) is 2.35. The summed E-state index contributed by atoms with van der Waals surface area (Å²) in [7, 11) is 0. The number of nitrogens with zero attached hydrogens (tertiary/aromatic N) is 1. The molecule has 20 heavy (non-hydrogen) atoms. The zero-order chi connectivity index (χ0) is 14.1. The molecule has 4 nitrogen and oxygen atoms in total. The van der Waals surface area contributed by atoms with Crippen LogP contribution in [-0.4, -0.2) is 15.1 Å². The molecule has 1 heterocycles. The van der Waals surface area contributed by atoms with E-state index in [1.807, 2.05) is 12.1 Å². The van der Waals surface area contributed by atoms with Crippen molar-refractivity contribution in [2.75, 3.05) is 0 Å². The number of hydrogen-bond acceptors (Lipinski definition) is 3. The van der Waals surface area contributed by atoms with E-state index in [1.54, 1.807) is 12.1 Å². The molecule has 1 aromatic carbocycles. The Bertz CT molecular complexity index is 675. The first-order chi connectivity index (χ1) is 9.63. The molecule has 1 aliphatic rings. The molecule has 0 aliphatic heterocycles. The fraction of sp³-hybridized carbons (Fsp3) is 0.333. The van der Waals surface area contributed by atoms with Crippen LogP contribution >= 0.6 is 15.9 Å². The number of aromatic amines is 1. The molecule has 104 valence electrons. The van der Waals surface area contributed by atoms with Gasteiger partial charge in [0, 0.05) is 10.9 Å². The van der Waals surface area contributed by atoms with Gasteiger partial charge in [0.05, 0.1) is 0 Å². The number of rotatable bonds is 3. The van der Waals surface area contributed by atoms with Gasteiger partial charge in [0.15, 0.2) is 0 Å². The summed E-state index contributed by atoms with van der Waals surface area (Å²) >= 11 is 3.34. The van der Waals surface area contributed by atoms with Crippen LogP contribution in [0.5, 0.6) is 5.88 Å². The summed E-state index contributed by atoms with van der Waals surface area (Å²) in [4.78, 5) is 19.1. The summed E-state index contributed by atoms with van der Waals surface area (Å²) in [6.45, 7) is 0. The van der Waals surface area contributed by atoms with Crippen molar-refractivity contribution >= 4 is 15.9 Å². The Morgan fingerprint density at radius 3 is 2.55 bits per heavy atom. The Balaban J connectivity index is 1.95. The predicted octanol–water partition coefficient (Wildman–Crippen LogP) is 3.25. The molecule has 1 fully saturated rings. The van der Waals surface area contributed by atoms with Crippen LogP contribution in [0.15, 0.2) is 33.5 Å². The number of H-pyrrole nitrogens is 1. The van der Waals surface area contributed by atoms with Crippen molar-refractivity contribution in [1.82, 2.24) is 9.97 Å². The van der Waals surface area contributed by atoms with E-state index in [2.05, 4.69) is 25.9 Å². The first-order valence-corrected chi connectivity index (χ1v) is 7.51. The minimum Gasteiger partial charge on any atom is -0.493 e. The van der Waals surface area contributed by atoms with Gasteiger partial charge in [-0.15, -0.1) is 0 Å². The predicted molar refractivity (Wildman–Crippen MR) is 80.7 cm³/mol. The largest absolute Gasteiger partial charge is 0.493 e. The Hall–Kier alpha value is -1.62. The molecule has 2 aromatic rings. The van der Waals surface area contributed by atoms with Crippen molar-refractivity contribution < 1.29 is 5.11 Å². The van der Waals surface area contributed by atoms with Crippen molar-refractivity contribution in [3.63, 3.8) is 0 Å². The van der Waals surface area contributed by atoms with E-state index in [0.717, 1.165) is 10.9 Å². The van der Waals surface area contributed by atoms with Crippen LogP contribution in [0, 0.1) is 5.92 Å². The zero-order valence-corrected chi connectivity index (χ0v) is 12.5. The molecule has 0 unspecified atom stereocenters. The molecule has 5 heteroatoms. The molecule has 0 atom stereocenters. The second kappa shape index (κ2) is 5.40. The van der Waals surface area contributed by atoms with Crippen LogP contribution < -0.4 is 5.56 Å². The average molecular weight is 335 g/mol. The Labute approximate surface area is 125 Å². The third-order valence-corrected chi connectivity index (χ3v) is 4.32. The zero-order valence-electron chi connectivity index (χ0n) is 10.9. The van der Waals surface area contributed by atoms with Crippen molar-refractivity contribution in [2.45, 2.75) is 25.7 Å². The van der Waals surface area contributed by atoms with Crippen molar-refractivity contribution in [3.05, 3.63) is 44.9 Å². The Kier molecular flexibility index (Phi) is 3.61. The summed E-state index contributed by atoms with van der Waals surface area (Å²) in [5, 5.41) is 10.1. The number of aromatic nitrogens is 2. The van der Waals surface area contributed by atoms with E-state index in [9.17, 15) is 9.90 Å². The number of benzene rings is 1. The SMILES string of the molecule is O=c1[nH]c(CC2CCC2)nc(O)c1-c1ccc(Br)cc1. The van der Waals surface area contributed by atoms with Crippen LogP contribution in [0.3, 0.4) is 0 Å². The molecule has 2 N–H and O–H groups in total.